The van der Waals surface area contributed by atoms with Gasteiger partial charge in [-0.2, -0.15) is 4.98 Å². The molecule has 0 aliphatic rings. The molecule has 0 bridgehead atoms. The van der Waals surface area contributed by atoms with E-state index < -0.39 is 11.6 Å². The van der Waals surface area contributed by atoms with Crippen LogP contribution in [0.1, 0.15) is 5.56 Å². The number of nitrogens with two attached hydrogens (primary N) is 1. The molecule has 0 saturated heterocycles. The minimum absolute atomic E-state index is 0.153. The number of rotatable bonds is 3. The van der Waals surface area contributed by atoms with E-state index in [1.54, 1.807) is 6.07 Å². The predicted molar refractivity (Wildman–Crippen MR) is 60.1 cm³/mol. The normalized spacial score (nSPS) is 10.2. The Hall–Kier alpha value is -2.24. The maximum Gasteiger partial charge on any atom is 0.221 e. The molecule has 0 atom stereocenters. The topological polar surface area (TPSA) is 63.8 Å². The molecule has 0 amide bonds. The fraction of sp³-hybridized carbons (Fsp3) is 0.0909. The summed E-state index contributed by atoms with van der Waals surface area (Å²) in [5.74, 6) is -1.05. The van der Waals surface area contributed by atoms with Crippen LogP contribution in [-0.4, -0.2) is 9.97 Å². The van der Waals surface area contributed by atoms with Crippen LogP contribution in [0, 0.1) is 11.6 Å². The average Bonchev–Trinajstić information content (AvgIpc) is 2.31. The molecular formula is C11H10F2N4. The second kappa shape index (κ2) is 4.73. The van der Waals surface area contributed by atoms with Crippen LogP contribution in [0.5, 0.6) is 0 Å². The third-order valence-electron chi connectivity index (χ3n) is 2.13. The summed E-state index contributed by atoms with van der Waals surface area (Å²) in [5.41, 5.74) is 6.01. The molecule has 0 radical (unpaired) electrons. The number of hydrogen-bond donors (Lipinski definition) is 2. The molecule has 0 unspecified atom stereocenters. The Kier molecular flexibility index (Phi) is 3.13. The lowest BCUT2D eigenvalue weighted by atomic mass is 10.2. The standard InChI is InChI=1S/C11H10F2N4/c12-8-2-1-7(5-9(8)13)6-16-10-3-4-15-11(14)17-10/h1-5H,6H2,(H3,14,15,16,17). The minimum atomic E-state index is -0.869. The number of hydrogen-bond acceptors (Lipinski definition) is 4. The van der Waals surface area contributed by atoms with E-state index in [-0.39, 0.29) is 5.95 Å². The maximum atomic E-state index is 12.9. The largest absolute Gasteiger partial charge is 0.368 e. The van der Waals surface area contributed by atoms with Crippen molar-refractivity contribution in [2.45, 2.75) is 6.54 Å². The maximum absolute atomic E-state index is 12.9. The molecule has 2 rings (SSSR count). The summed E-state index contributed by atoms with van der Waals surface area (Å²) < 4.78 is 25.6. The van der Waals surface area contributed by atoms with E-state index >= 15 is 0 Å². The van der Waals surface area contributed by atoms with Crippen molar-refractivity contribution >= 4 is 11.8 Å². The van der Waals surface area contributed by atoms with Gasteiger partial charge in [-0.3, -0.25) is 0 Å². The lowest BCUT2D eigenvalue weighted by Gasteiger charge is -2.06. The highest BCUT2D eigenvalue weighted by atomic mass is 19.2. The van der Waals surface area contributed by atoms with Gasteiger partial charge >= 0.3 is 0 Å². The van der Waals surface area contributed by atoms with E-state index in [4.69, 9.17) is 5.73 Å². The van der Waals surface area contributed by atoms with Gasteiger partial charge in [-0.15, -0.1) is 0 Å². The highest BCUT2D eigenvalue weighted by Crippen LogP contribution is 2.10. The summed E-state index contributed by atoms with van der Waals surface area (Å²) in [6.45, 7) is 0.327. The molecule has 0 aliphatic heterocycles. The first kappa shape index (κ1) is 11.3. The van der Waals surface area contributed by atoms with Gasteiger partial charge in [0.2, 0.25) is 5.95 Å². The number of anilines is 2. The van der Waals surface area contributed by atoms with Crippen LogP contribution in [0.2, 0.25) is 0 Å². The van der Waals surface area contributed by atoms with Crippen molar-refractivity contribution in [1.82, 2.24) is 9.97 Å². The van der Waals surface area contributed by atoms with Crippen molar-refractivity contribution in [3.05, 3.63) is 47.7 Å². The van der Waals surface area contributed by atoms with Crippen LogP contribution in [0.15, 0.2) is 30.5 Å². The van der Waals surface area contributed by atoms with Gasteiger partial charge in [-0.1, -0.05) is 6.07 Å². The van der Waals surface area contributed by atoms with E-state index in [0.29, 0.717) is 17.9 Å². The molecule has 1 aromatic heterocycles. The van der Waals surface area contributed by atoms with Crippen LogP contribution in [0.4, 0.5) is 20.5 Å². The first-order valence-corrected chi connectivity index (χ1v) is 4.91. The van der Waals surface area contributed by atoms with Crippen molar-refractivity contribution in [3.63, 3.8) is 0 Å². The molecule has 3 N–H and O–H groups in total. The fourth-order valence-corrected chi connectivity index (χ4v) is 1.31. The number of benzene rings is 1. The first-order valence-electron chi connectivity index (χ1n) is 4.91. The second-order valence-electron chi connectivity index (χ2n) is 3.40. The Morgan fingerprint density at radius 2 is 2.00 bits per heavy atom. The monoisotopic (exact) mass is 236 g/mol. The molecule has 1 aromatic carbocycles. The molecular weight excluding hydrogens is 226 g/mol. The third-order valence-corrected chi connectivity index (χ3v) is 2.13. The summed E-state index contributed by atoms with van der Waals surface area (Å²) in [6.07, 6.45) is 1.51. The van der Waals surface area contributed by atoms with Crippen molar-refractivity contribution in [2.75, 3.05) is 11.1 Å². The average molecular weight is 236 g/mol. The van der Waals surface area contributed by atoms with Crippen LogP contribution >= 0.6 is 0 Å². The lowest BCUT2D eigenvalue weighted by molar-refractivity contribution is 0.507. The third kappa shape index (κ3) is 2.87. The summed E-state index contributed by atoms with van der Waals surface area (Å²) >= 11 is 0. The zero-order chi connectivity index (χ0) is 12.3. The Bertz CT molecular complexity index is 531. The Morgan fingerprint density at radius 3 is 2.71 bits per heavy atom. The zero-order valence-corrected chi connectivity index (χ0v) is 8.82. The molecule has 0 aliphatic carbocycles. The summed E-state index contributed by atoms with van der Waals surface area (Å²) in [6, 6.07) is 5.35. The minimum Gasteiger partial charge on any atom is -0.368 e. The zero-order valence-electron chi connectivity index (χ0n) is 8.82. The van der Waals surface area contributed by atoms with Crippen molar-refractivity contribution in [1.29, 1.82) is 0 Å². The van der Waals surface area contributed by atoms with Gasteiger partial charge in [0.15, 0.2) is 11.6 Å². The second-order valence-corrected chi connectivity index (χ2v) is 3.40. The first-order chi connectivity index (χ1) is 8.15. The predicted octanol–water partition coefficient (Wildman–Crippen LogP) is 1.95. The Labute approximate surface area is 96.5 Å². The molecule has 88 valence electrons. The number of nitrogens with one attached hydrogen (secondary N) is 1. The van der Waals surface area contributed by atoms with Gasteiger partial charge in [0.05, 0.1) is 0 Å². The van der Waals surface area contributed by atoms with Gasteiger partial charge in [-0.25, -0.2) is 13.8 Å². The molecule has 0 saturated carbocycles. The quantitative estimate of drug-likeness (QED) is 0.854. The van der Waals surface area contributed by atoms with Crippen molar-refractivity contribution in [2.24, 2.45) is 0 Å². The molecule has 17 heavy (non-hydrogen) atoms. The number of halogens is 2. The molecule has 6 heteroatoms. The smallest absolute Gasteiger partial charge is 0.221 e. The molecule has 0 fully saturated rings. The number of aromatic nitrogens is 2. The Morgan fingerprint density at radius 1 is 1.18 bits per heavy atom. The van der Waals surface area contributed by atoms with E-state index in [9.17, 15) is 8.78 Å². The van der Waals surface area contributed by atoms with E-state index in [0.717, 1.165) is 12.1 Å². The number of nitrogen functional groups attached to an aromatic ring is 1. The Balaban J connectivity index is 2.05. The van der Waals surface area contributed by atoms with Crippen molar-refractivity contribution in [3.8, 4) is 0 Å². The van der Waals surface area contributed by atoms with Gasteiger partial charge in [0.1, 0.15) is 5.82 Å². The van der Waals surface area contributed by atoms with Crippen LogP contribution in [-0.2, 0) is 6.54 Å². The summed E-state index contributed by atoms with van der Waals surface area (Å²) in [5, 5.41) is 2.93. The summed E-state index contributed by atoms with van der Waals surface area (Å²) in [4.78, 5) is 7.65. The number of nitrogens with zero attached hydrogens (tertiary/aromatic N) is 2. The van der Waals surface area contributed by atoms with Crippen LogP contribution < -0.4 is 11.1 Å². The van der Waals surface area contributed by atoms with Gasteiger partial charge in [0, 0.05) is 12.7 Å². The fourth-order valence-electron chi connectivity index (χ4n) is 1.31. The van der Waals surface area contributed by atoms with Gasteiger partial charge in [-0.05, 0) is 23.8 Å². The molecule has 1 heterocycles. The molecule has 4 nitrogen and oxygen atoms in total. The summed E-state index contributed by atoms with van der Waals surface area (Å²) in [7, 11) is 0. The van der Waals surface area contributed by atoms with E-state index in [1.807, 2.05) is 0 Å². The highest BCUT2D eigenvalue weighted by molar-refractivity contribution is 5.38. The SMILES string of the molecule is Nc1nccc(NCc2ccc(F)c(F)c2)n1. The molecule has 0 spiro atoms. The van der Waals surface area contributed by atoms with E-state index in [1.165, 1.54) is 12.3 Å². The van der Waals surface area contributed by atoms with Crippen LogP contribution in [0.25, 0.3) is 0 Å². The van der Waals surface area contributed by atoms with Gasteiger partial charge in [0.25, 0.3) is 0 Å². The van der Waals surface area contributed by atoms with Crippen LogP contribution in [0.3, 0.4) is 0 Å². The molecule has 2 aromatic rings. The van der Waals surface area contributed by atoms with Crippen molar-refractivity contribution < 1.29 is 8.78 Å². The van der Waals surface area contributed by atoms with Gasteiger partial charge < -0.3 is 11.1 Å². The lowest BCUT2D eigenvalue weighted by Crippen LogP contribution is -2.04. The highest BCUT2D eigenvalue weighted by Gasteiger charge is 2.02. The van der Waals surface area contributed by atoms with E-state index in [2.05, 4.69) is 15.3 Å².